The van der Waals surface area contributed by atoms with Gasteiger partial charge in [0.1, 0.15) is 17.7 Å². The average molecular weight is 702 g/mol. The van der Waals surface area contributed by atoms with Gasteiger partial charge in [-0.05, 0) is 52.4 Å². The summed E-state index contributed by atoms with van der Waals surface area (Å²) in [4.78, 5) is 67.6. The van der Waals surface area contributed by atoms with Crippen LogP contribution in [0.5, 0.6) is 0 Å². The largest absolute Gasteiger partial charge is 0.444 e. The van der Waals surface area contributed by atoms with Gasteiger partial charge in [-0.1, -0.05) is 63.3 Å². The number of hydrogen-bond acceptors (Lipinski definition) is 6. The molecule has 0 unspecified atom stereocenters. The Labute approximate surface area is 259 Å². The molecule has 10 nitrogen and oxygen atoms in total. The Morgan fingerprint density at radius 2 is 1.71 bits per heavy atom. The summed E-state index contributed by atoms with van der Waals surface area (Å²) in [6.45, 7) is 12.9. The first kappa shape index (κ1) is 33.3. The number of allylic oxidation sites excluding steroid dienone is 1. The normalized spacial score (nSPS) is 24.7. The van der Waals surface area contributed by atoms with Gasteiger partial charge in [0, 0.05) is 24.9 Å². The summed E-state index contributed by atoms with van der Waals surface area (Å²) in [5, 5.41) is 8.03. The first-order chi connectivity index (χ1) is 19.2. The molecule has 1 aliphatic heterocycles. The second-order valence-corrected chi connectivity index (χ2v) is 15.7. The Morgan fingerprint density at radius 3 is 2.29 bits per heavy atom. The van der Waals surface area contributed by atoms with E-state index in [9.17, 15) is 24.0 Å². The molecule has 4 amide bonds. The lowest BCUT2D eigenvalue weighted by molar-refractivity contribution is -0.144. The van der Waals surface area contributed by atoms with Crippen LogP contribution in [0.15, 0.2) is 25.3 Å². The fraction of sp³-hybridized carbons (Fsp3) is 0.690. The molecule has 3 aliphatic rings. The lowest BCUT2D eigenvalue weighted by Crippen LogP contribution is -2.60. The summed E-state index contributed by atoms with van der Waals surface area (Å²) < 4.78 is 4.94. The topological polar surface area (TPSA) is 134 Å². The van der Waals surface area contributed by atoms with E-state index in [4.69, 9.17) is 4.74 Å². The Bertz CT molecular complexity index is 1050. The van der Waals surface area contributed by atoms with Gasteiger partial charge in [-0.2, -0.15) is 0 Å². The number of piperidine rings is 1. The molecule has 12 heteroatoms. The fourth-order valence-electron chi connectivity index (χ4n) is 5.82. The summed E-state index contributed by atoms with van der Waals surface area (Å²) in [7, 11) is 0. The van der Waals surface area contributed by atoms with Crippen molar-refractivity contribution in [3.63, 3.8) is 0 Å². The first-order valence-corrected chi connectivity index (χ1v) is 15.8. The summed E-state index contributed by atoms with van der Waals surface area (Å²) in [6, 6.07) is -2.84. The van der Waals surface area contributed by atoms with Gasteiger partial charge in [-0.3, -0.25) is 19.2 Å². The van der Waals surface area contributed by atoms with Crippen LogP contribution in [0.25, 0.3) is 0 Å². The van der Waals surface area contributed by atoms with Crippen molar-refractivity contribution < 1.29 is 28.7 Å². The molecular formula is C29H42Br2N4O6. The molecule has 0 aromatic carbocycles. The van der Waals surface area contributed by atoms with E-state index in [0.717, 1.165) is 32.1 Å². The maximum Gasteiger partial charge on any atom is 0.408 e. The highest BCUT2D eigenvalue weighted by Gasteiger charge is 2.73. The van der Waals surface area contributed by atoms with Gasteiger partial charge in [-0.15, -0.1) is 13.2 Å². The third kappa shape index (κ3) is 8.21. The highest BCUT2D eigenvalue weighted by molar-refractivity contribution is 9.25. The number of carbonyl (C=O) groups excluding carboxylic acids is 5. The number of halogens is 2. The molecule has 1 heterocycles. The molecule has 5 atom stereocenters. The summed E-state index contributed by atoms with van der Waals surface area (Å²) in [6.07, 6.45) is 7.50. The maximum absolute atomic E-state index is 14.1. The molecular weight excluding hydrogens is 660 g/mol. The Hall–Kier alpha value is -2.21. The van der Waals surface area contributed by atoms with Crippen LogP contribution in [0.3, 0.4) is 0 Å². The molecule has 0 bridgehead atoms. The second-order valence-electron chi connectivity index (χ2n) is 12.1. The molecule has 228 valence electrons. The molecule has 0 radical (unpaired) electrons. The predicted molar refractivity (Wildman–Crippen MR) is 162 cm³/mol. The number of fused-ring (bicyclic) bond motifs is 1. The van der Waals surface area contributed by atoms with Crippen molar-refractivity contribution in [2.24, 2.45) is 17.8 Å². The zero-order valence-electron chi connectivity index (χ0n) is 24.0. The standard InChI is InChI=1S/C29H42Br2N4O6/c1-6-8-14-19(23(36)25(38)32-15-7-2)33-24(37)22-20-18(29(20,30)31)16-35(22)26(39)21(17-12-10-9-11-13-17)34-27(40)41-28(3,4)5/h6-7,17-22H,1-2,8-16H2,3-5H3,(H,32,38)(H,33,37)(H,34,40)/t18-,19-,20-,21-,22-/m0/s1. The zero-order chi connectivity index (χ0) is 30.5. The summed E-state index contributed by atoms with van der Waals surface area (Å²) in [5.41, 5.74) is -0.738. The van der Waals surface area contributed by atoms with Gasteiger partial charge < -0.3 is 25.6 Å². The van der Waals surface area contributed by atoms with Crippen LogP contribution in [0.1, 0.15) is 65.7 Å². The Balaban J connectivity index is 1.85. The van der Waals surface area contributed by atoms with Crippen molar-refractivity contribution in [1.82, 2.24) is 20.9 Å². The lowest BCUT2D eigenvalue weighted by atomic mass is 9.83. The van der Waals surface area contributed by atoms with Gasteiger partial charge in [0.2, 0.25) is 17.6 Å². The number of rotatable bonds is 12. The zero-order valence-corrected chi connectivity index (χ0v) is 27.2. The fourth-order valence-corrected chi connectivity index (χ4v) is 7.55. The molecule has 41 heavy (non-hydrogen) atoms. The molecule has 0 spiro atoms. The quantitative estimate of drug-likeness (QED) is 0.161. The smallest absolute Gasteiger partial charge is 0.408 e. The highest BCUT2D eigenvalue weighted by Crippen LogP contribution is 2.67. The van der Waals surface area contributed by atoms with E-state index in [1.807, 2.05) is 0 Å². The van der Waals surface area contributed by atoms with Crippen molar-refractivity contribution in [3.05, 3.63) is 25.3 Å². The van der Waals surface area contributed by atoms with Crippen LogP contribution in [0.4, 0.5) is 4.79 Å². The van der Waals surface area contributed by atoms with Crippen molar-refractivity contribution in [1.29, 1.82) is 0 Å². The van der Waals surface area contributed by atoms with Crippen molar-refractivity contribution in [2.75, 3.05) is 13.1 Å². The van der Waals surface area contributed by atoms with Gasteiger partial charge >= 0.3 is 6.09 Å². The Morgan fingerprint density at radius 1 is 1.05 bits per heavy atom. The molecule has 2 saturated carbocycles. The van der Waals surface area contributed by atoms with Crippen molar-refractivity contribution in [3.8, 4) is 0 Å². The van der Waals surface area contributed by atoms with Crippen LogP contribution in [0, 0.1) is 17.8 Å². The number of nitrogens with one attached hydrogen (secondary N) is 3. The molecule has 3 rings (SSSR count). The number of amides is 4. The number of Topliss-reactive ketones (excluding diaryl/α,β-unsaturated/α-hetero) is 1. The lowest BCUT2D eigenvalue weighted by Gasteiger charge is -2.37. The summed E-state index contributed by atoms with van der Waals surface area (Å²) in [5.74, 6) is -2.86. The van der Waals surface area contributed by atoms with Crippen molar-refractivity contribution in [2.45, 2.75) is 92.7 Å². The third-order valence-corrected chi connectivity index (χ3v) is 10.1. The minimum atomic E-state index is -1.09. The number of carbonyl (C=O) groups is 5. The highest BCUT2D eigenvalue weighted by atomic mass is 79.9. The van der Waals surface area contributed by atoms with Crippen LogP contribution >= 0.6 is 31.9 Å². The van der Waals surface area contributed by atoms with Crippen LogP contribution < -0.4 is 16.0 Å². The van der Waals surface area contributed by atoms with Gasteiger partial charge in [0.05, 0.1) is 9.28 Å². The number of ether oxygens (including phenoxy) is 1. The number of nitrogens with zero attached hydrogens (tertiary/aromatic N) is 1. The van der Waals surface area contributed by atoms with Gasteiger partial charge in [-0.25, -0.2) is 4.79 Å². The molecule has 1 saturated heterocycles. The van der Waals surface area contributed by atoms with Crippen LogP contribution in [-0.2, 0) is 23.9 Å². The Kier molecular flexibility index (Phi) is 11.2. The number of ketones is 1. The molecule has 2 aliphatic carbocycles. The summed E-state index contributed by atoms with van der Waals surface area (Å²) >= 11 is 7.29. The van der Waals surface area contributed by atoms with Gasteiger partial charge in [0.25, 0.3) is 5.91 Å². The van der Waals surface area contributed by atoms with E-state index in [2.05, 4.69) is 61.0 Å². The van der Waals surface area contributed by atoms with E-state index in [-0.39, 0.29) is 36.6 Å². The van der Waals surface area contributed by atoms with E-state index >= 15 is 0 Å². The number of likely N-dealkylation sites (tertiary alicyclic amines) is 1. The van der Waals surface area contributed by atoms with Gasteiger partial charge in [0.15, 0.2) is 0 Å². The maximum atomic E-state index is 14.1. The van der Waals surface area contributed by atoms with Crippen LogP contribution in [0.2, 0.25) is 0 Å². The SMILES string of the molecule is C=CCC[C@H](NC(=O)[C@@H]1[C@@H]2[C@H](CN1C(=O)[C@@H](NC(=O)OC(C)(C)C)C1CCCCC1)C2(Br)Br)C(=O)C(=O)NCC=C. The molecule has 3 fully saturated rings. The second kappa shape index (κ2) is 13.8. The first-order valence-electron chi connectivity index (χ1n) is 14.2. The van der Waals surface area contributed by atoms with E-state index < -0.39 is 50.7 Å². The monoisotopic (exact) mass is 700 g/mol. The van der Waals surface area contributed by atoms with E-state index in [1.165, 1.54) is 11.0 Å². The average Bonchev–Trinajstić information content (AvgIpc) is 3.23. The van der Waals surface area contributed by atoms with Crippen LogP contribution in [-0.4, -0.2) is 74.5 Å². The molecule has 0 aromatic heterocycles. The number of alkyl carbamates (subject to hydrolysis) is 1. The van der Waals surface area contributed by atoms with Crippen molar-refractivity contribution >= 4 is 61.5 Å². The minimum absolute atomic E-state index is 0.0473. The van der Waals surface area contributed by atoms with E-state index in [1.54, 1.807) is 26.8 Å². The predicted octanol–water partition coefficient (Wildman–Crippen LogP) is 3.73. The molecule has 3 N–H and O–H groups in total. The number of hydrogen-bond donors (Lipinski definition) is 3. The third-order valence-electron chi connectivity index (χ3n) is 7.87. The van der Waals surface area contributed by atoms with E-state index in [0.29, 0.717) is 13.0 Å². The number of alkyl halides is 2. The minimum Gasteiger partial charge on any atom is -0.444 e. The molecule has 0 aromatic rings.